The molecule has 0 saturated heterocycles. The summed E-state index contributed by atoms with van der Waals surface area (Å²) in [6.45, 7) is 4.66. The van der Waals surface area contributed by atoms with E-state index in [4.69, 9.17) is 0 Å². The summed E-state index contributed by atoms with van der Waals surface area (Å²) in [4.78, 5) is 0. The third kappa shape index (κ3) is 2.84. The van der Waals surface area contributed by atoms with Crippen molar-refractivity contribution in [2.75, 3.05) is 0 Å². The van der Waals surface area contributed by atoms with Gasteiger partial charge in [-0.05, 0) is 11.8 Å². The Balaban J connectivity index is 1.99. The van der Waals surface area contributed by atoms with Crippen LogP contribution in [0.15, 0.2) is 0 Å². The molecular weight excluding hydrogens is 132 g/mol. The van der Waals surface area contributed by atoms with Crippen LogP contribution in [-0.4, -0.2) is 0 Å². The Morgan fingerprint density at radius 3 is 2.18 bits per heavy atom. The largest absolute Gasteiger partial charge is 0.0651 e. The van der Waals surface area contributed by atoms with E-state index in [2.05, 4.69) is 13.8 Å². The predicted octanol–water partition coefficient (Wildman–Crippen LogP) is 4.00. The van der Waals surface area contributed by atoms with Crippen LogP contribution in [0.3, 0.4) is 0 Å². The van der Waals surface area contributed by atoms with Crippen molar-refractivity contribution in [2.45, 2.75) is 58.8 Å². The molecular formula is C11H22. The molecule has 0 aromatic rings. The van der Waals surface area contributed by atoms with Gasteiger partial charge in [0, 0.05) is 0 Å². The Hall–Kier alpha value is 0. The van der Waals surface area contributed by atoms with Crippen LogP contribution in [0.2, 0.25) is 0 Å². The first kappa shape index (κ1) is 9.09. The zero-order chi connectivity index (χ0) is 8.10. The first-order valence-electron chi connectivity index (χ1n) is 5.36. The summed E-state index contributed by atoms with van der Waals surface area (Å²) in [6, 6.07) is 0. The van der Waals surface area contributed by atoms with Crippen LogP contribution in [0.4, 0.5) is 0 Å². The van der Waals surface area contributed by atoms with E-state index in [1.165, 1.54) is 44.9 Å². The summed E-state index contributed by atoms with van der Waals surface area (Å²) in [7, 11) is 0. The highest BCUT2D eigenvalue weighted by Crippen LogP contribution is 2.32. The standard InChI is InChI=1S/C11H22/c1-3-10(4-2)8-9-11-6-5-7-11/h10-11H,3-9H2,1-2H3. The number of hydrogen-bond donors (Lipinski definition) is 0. The normalized spacial score (nSPS) is 18.8. The molecule has 11 heavy (non-hydrogen) atoms. The van der Waals surface area contributed by atoms with Gasteiger partial charge in [-0.25, -0.2) is 0 Å². The molecule has 1 fully saturated rings. The van der Waals surface area contributed by atoms with Crippen LogP contribution in [0, 0.1) is 11.8 Å². The highest BCUT2D eigenvalue weighted by atomic mass is 14.2. The molecule has 1 rings (SSSR count). The second kappa shape index (κ2) is 4.79. The van der Waals surface area contributed by atoms with Gasteiger partial charge in [-0.15, -0.1) is 0 Å². The predicted molar refractivity (Wildman–Crippen MR) is 50.6 cm³/mol. The van der Waals surface area contributed by atoms with Gasteiger partial charge in [0.15, 0.2) is 0 Å². The molecule has 0 aromatic carbocycles. The summed E-state index contributed by atoms with van der Waals surface area (Å²) in [5, 5.41) is 0. The van der Waals surface area contributed by atoms with Crippen LogP contribution in [0.25, 0.3) is 0 Å². The lowest BCUT2D eigenvalue weighted by molar-refractivity contribution is 0.265. The van der Waals surface area contributed by atoms with Gasteiger partial charge in [0.2, 0.25) is 0 Å². The fraction of sp³-hybridized carbons (Fsp3) is 1.00. The number of hydrogen-bond acceptors (Lipinski definition) is 0. The van der Waals surface area contributed by atoms with E-state index in [0.29, 0.717) is 0 Å². The van der Waals surface area contributed by atoms with Gasteiger partial charge >= 0.3 is 0 Å². The van der Waals surface area contributed by atoms with E-state index < -0.39 is 0 Å². The van der Waals surface area contributed by atoms with E-state index >= 15 is 0 Å². The van der Waals surface area contributed by atoms with Gasteiger partial charge in [-0.2, -0.15) is 0 Å². The Labute approximate surface area is 71.4 Å². The molecule has 0 N–H and O–H groups in total. The lowest BCUT2D eigenvalue weighted by Gasteiger charge is -2.26. The molecule has 0 nitrogen and oxygen atoms in total. The summed E-state index contributed by atoms with van der Waals surface area (Å²) in [6.07, 6.45) is 10.4. The molecule has 1 aliphatic rings. The average molecular weight is 154 g/mol. The maximum Gasteiger partial charge on any atom is -0.0414 e. The van der Waals surface area contributed by atoms with E-state index in [1.807, 2.05) is 0 Å². The molecule has 0 radical (unpaired) electrons. The highest BCUT2D eigenvalue weighted by molar-refractivity contribution is 4.70. The molecule has 0 aliphatic heterocycles. The zero-order valence-corrected chi connectivity index (χ0v) is 8.10. The van der Waals surface area contributed by atoms with Crippen molar-refractivity contribution in [3.63, 3.8) is 0 Å². The summed E-state index contributed by atoms with van der Waals surface area (Å²) in [5.74, 6) is 2.14. The van der Waals surface area contributed by atoms with Crippen LogP contribution >= 0.6 is 0 Å². The van der Waals surface area contributed by atoms with E-state index in [9.17, 15) is 0 Å². The lowest BCUT2D eigenvalue weighted by Crippen LogP contribution is -2.12. The number of rotatable bonds is 5. The molecule has 66 valence electrons. The van der Waals surface area contributed by atoms with Gasteiger partial charge < -0.3 is 0 Å². The second-order valence-electron chi connectivity index (χ2n) is 4.06. The molecule has 0 heteroatoms. The van der Waals surface area contributed by atoms with Crippen molar-refractivity contribution < 1.29 is 0 Å². The maximum absolute atomic E-state index is 2.33. The second-order valence-corrected chi connectivity index (χ2v) is 4.06. The van der Waals surface area contributed by atoms with Crippen molar-refractivity contribution in [3.8, 4) is 0 Å². The van der Waals surface area contributed by atoms with Gasteiger partial charge in [0.05, 0.1) is 0 Å². The fourth-order valence-electron chi connectivity index (χ4n) is 1.95. The van der Waals surface area contributed by atoms with Gasteiger partial charge in [0.25, 0.3) is 0 Å². The van der Waals surface area contributed by atoms with Gasteiger partial charge in [0.1, 0.15) is 0 Å². The molecule has 0 aromatic heterocycles. The van der Waals surface area contributed by atoms with Crippen molar-refractivity contribution in [2.24, 2.45) is 11.8 Å². The van der Waals surface area contributed by atoms with Gasteiger partial charge in [-0.1, -0.05) is 58.8 Å². The summed E-state index contributed by atoms with van der Waals surface area (Å²) in [5.41, 5.74) is 0. The minimum absolute atomic E-state index is 1.02. The van der Waals surface area contributed by atoms with E-state index in [0.717, 1.165) is 11.8 Å². The molecule has 1 aliphatic carbocycles. The summed E-state index contributed by atoms with van der Waals surface area (Å²) < 4.78 is 0. The quantitative estimate of drug-likeness (QED) is 0.561. The first-order valence-corrected chi connectivity index (χ1v) is 5.36. The van der Waals surface area contributed by atoms with Crippen molar-refractivity contribution in [3.05, 3.63) is 0 Å². The molecule has 1 saturated carbocycles. The zero-order valence-electron chi connectivity index (χ0n) is 8.10. The Morgan fingerprint density at radius 1 is 1.18 bits per heavy atom. The monoisotopic (exact) mass is 154 g/mol. The maximum atomic E-state index is 2.33. The van der Waals surface area contributed by atoms with Crippen LogP contribution < -0.4 is 0 Å². The molecule has 0 heterocycles. The van der Waals surface area contributed by atoms with Crippen molar-refractivity contribution >= 4 is 0 Å². The van der Waals surface area contributed by atoms with Crippen LogP contribution in [-0.2, 0) is 0 Å². The lowest BCUT2D eigenvalue weighted by atomic mass is 9.80. The topological polar surface area (TPSA) is 0 Å². The highest BCUT2D eigenvalue weighted by Gasteiger charge is 2.17. The van der Waals surface area contributed by atoms with Crippen molar-refractivity contribution in [1.29, 1.82) is 0 Å². The fourth-order valence-corrected chi connectivity index (χ4v) is 1.95. The Kier molecular flexibility index (Phi) is 3.96. The molecule has 0 unspecified atom stereocenters. The van der Waals surface area contributed by atoms with E-state index in [1.54, 1.807) is 0 Å². The average Bonchev–Trinajstić information content (AvgIpc) is 1.95. The minimum Gasteiger partial charge on any atom is -0.0651 e. The van der Waals surface area contributed by atoms with Crippen LogP contribution in [0.1, 0.15) is 58.8 Å². The Morgan fingerprint density at radius 2 is 1.82 bits per heavy atom. The molecule has 0 bridgehead atoms. The van der Waals surface area contributed by atoms with Crippen molar-refractivity contribution in [1.82, 2.24) is 0 Å². The van der Waals surface area contributed by atoms with Gasteiger partial charge in [-0.3, -0.25) is 0 Å². The smallest absolute Gasteiger partial charge is 0.0414 e. The molecule has 0 atom stereocenters. The molecule has 0 amide bonds. The Bertz CT molecular complexity index is 88.2. The minimum atomic E-state index is 1.02. The summed E-state index contributed by atoms with van der Waals surface area (Å²) >= 11 is 0. The molecule has 0 spiro atoms. The van der Waals surface area contributed by atoms with E-state index in [-0.39, 0.29) is 0 Å². The first-order chi connectivity index (χ1) is 5.36. The third-order valence-electron chi connectivity index (χ3n) is 3.36. The third-order valence-corrected chi connectivity index (χ3v) is 3.36. The van der Waals surface area contributed by atoms with Crippen LogP contribution in [0.5, 0.6) is 0 Å². The SMILES string of the molecule is CCC(CC)CCC1CCC1.